The zero-order chi connectivity index (χ0) is 11.5. The van der Waals surface area contributed by atoms with Gasteiger partial charge in [0.05, 0.1) is 12.3 Å². The predicted octanol–water partition coefficient (Wildman–Crippen LogP) is -0.662. The van der Waals surface area contributed by atoms with Crippen LogP contribution >= 0.6 is 0 Å². The van der Waals surface area contributed by atoms with Crippen LogP contribution in [-0.4, -0.2) is 41.2 Å². The van der Waals surface area contributed by atoms with Crippen LogP contribution in [0.15, 0.2) is 6.33 Å². The van der Waals surface area contributed by atoms with Crippen LogP contribution in [0, 0.1) is 0 Å². The van der Waals surface area contributed by atoms with Gasteiger partial charge >= 0.3 is 0 Å². The van der Waals surface area contributed by atoms with Crippen LogP contribution in [0.3, 0.4) is 0 Å². The fourth-order valence-electron chi connectivity index (χ4n) is 1.26. The molecule has 0 aromatic carbocycles. The first-order chi connectivity index (χ1) is 6.88. The Bertz CT molecular complexity index is 412. The Kier molecular flexibility index (Phi) is 3.81. The van der Waals surface area contributed by atoms with E-state index in [1.54, 1.807) is 11.7 Å². The second-order valence-electron chi connectivity index (χ2n) is 3.67. The summed E-state index contributed by atoms with van der Waals surface area (Å²) in [6, 6.07) is -0.0864. The summed E-state index contributed by atoms with van der Waals surface area (Å²) in [6.07, 6.45) is 2.70. The van der Waals surface area contributed by atoms with E-state index in [0.717, 1.165) is 5.82 Å². The molecule has 0 amide bonds. The van der Waals surface area contributed by atoms with Crippen molar-refractivity contribution in [3.8, 4) is 0 Å². The van der Waals surface area contributed by atoms with E-state index in [2.05, 4.69) is 15.4 Å². The standard InChI is InChI=1S/C8H16N4O2S/c1-7(5-15(3,13)14)9-4-8-10-6-11-12(8)2/h6-7,9H,4-5H2,1-3H3. The van der Waals surface area contributed by atoms with Crippen molar-refractivity contribution >= 4 is 9.84 Å². The highest BCUT2D eigenvalue weighted by Crippen LogP contribution is 1.94. The Morgan fingerprint density at radius 2 is 2.27 bits per heavy atom. The molecule has 1 N–H and O–H groups in total. The van der Waals surface area contributed by atoms with Gasteiger partial charge in [0.25, 0.3) is 0 Å². The van der Waals surface area contributed by atoms with E-state index in [-0.39, 0.29) is 11.8 Å². The molecule has 6 nitrogen and oxygen atoms in total. The minimum absolute atomic E-state index is 0.0864. The van der Waals surface area contributed by atoms with Gasteiger partial charge in [0.2, 0.25) is 0 Å². The van der Waals surface area contributed by atoms with Crippen LogP contribution in [0.5, 0.6) is 0 Å². The highest BCUT2D eigenvalue weighted by molar-refractivity contribution is 7.90. The van der Waals surface area contributed by atoms with Gasteiger partial charge in [-0.3, -0.25) is 4.68 Å². The minimum Gasteiger partial charge on any atom is -0.306 e. The largest absolute Gasteiger partial charge is 0.306 e. The Hall–Kier alpha value is -0.950. The molecule has 1 atom stereocenters. The van der Waals surface area contributed by atoms with Crippen molar-refractivity contribution < 1.29 is 8.42 Å². The number of hydrogen-bond donors (Lipinski definition) is 1. The van der Waals surface area contributed by atoms with Gasteiger partial charge in [0, 0.05) is 19.3 Å². The maximum atomic E-state index is 11.0. The molecular formula is C8H16N4O2S. The number of aromatic nitrogens is 3. The predicted molar refractivity (Wildman–Crippen MR) is 57.0 cm³/mol. The molecule has 86 valence electrons. The lowest BCUT2D eigenvalue weighted by Gasteiger charge is -2.11. The first-order valence-electron chi connectivity index (χ1n) is 4.62. The van der Waals surface area contributed by atoms with E-state index < -0.39 is 9.84 Å². The van der Waals surface area contributed by atoms with Crippen molar-refractivity contribution in [3.63, 3.8) is 0 Å². The van der Waals surface area contributed by atoms with Crippen molar-refractivity contribution in [2.75, 3.05) is 12.0 Å². The van der Waals surface area contributed by atoms with Crippen LogP contribution in [0.4, 0.5) is 0 Å². The maximum absolute atomic E-state index is 11.0. The maximum Gasteiger partial charge on any atom is 0.148 e. The van der Waals surface area contributed by atoms with E-state index in [4.69, 9.17) is 0 Å². The molecule has 0 aliphatic carbocycles. The molecule has 1 rings (SSSR count). The van der Waals surface area contributed by atoms with Crippen molar-refractivity contribution in [1.29, 1.82) is 0 Å². The Morgan fingerprint density at radius 1 is 1.60 bits per heavy atom. The minimum atomic E-state index is -2.93. The summed E-state index contributed by atoms with van der Waals surface area (Å²) in [6.45, 7) is 2.35. The van der Waals surface area contributed by atoms with Gasteiger partial charge < -0.3 is 5.32 Å². The number of nitrogens with one attached hydrogen (secondary N) is 1. The average molecular weight is 232 g/mol. The summed E-state index contributed by atoms with van der Waals surface area (Å²) in [5, 5.41) is 7.00. The SMILES string of the molecule is CC(CS(C)(=O)=O)NCc1ncnn1C. The van der Waals surface area contributed by atoms with E-state index in [0.29, 0.717) is 6.54 Å². The number of hydrogen-bond acceptors (Lipinski definition) is 5. The van der Waals surface area contributed by atoms with E-state index in [1.165, 1.54) is 12.6 Å². The number of sulfone groups is 1. The third kappa shape index (κ3) is 4.39. The number of nitrogens with zero attached hydrogens (tertiary/aromatic N) is 3. The topological polar surface area (TPSA) is 76.9 Å². The molecule has 1 unspecified atom stereocenters. The second-order valence-corrected chi connectivity index (χ2v) is 5.86. The van der Waals surface area contributed by atoms with Crippen LogP contribution < -0.4 is 5.32 Å². The molecule has 7 heteroatoms. The Labute approximate surface area is 89.6 Å². The van der Waals surface area contributed by atoms with E-state index in [1.807, 2.05) is 6.92 Å². The molecule has 0 bridgehead atoms. The quantitative estimate of drug-likeness (QED) is 0.729. The van der Waals surface area contributed by atoms with Gasteiger partial charge in [-0.1, -0.05) is 0 Å². The van der Waals surface area contributed by atoms with Crippen LogP contribution in [0.1, 0.15) is 12.7 Å². The van der Waals surface area contributed by atoms with Crippen molar-refractivity contribution in [2.45, 2.75) is 19.5 Å². The molecule has 0 fully saturated rings. The zero-order valence-electron chi connectivity index (χ0n) is 9.14. The smallest absolute Gasteiger partial charge is 0.148 e. The third-order valence-corrected chi connectivity index (χ3v) is 3.07. The lowest BCUT2D eigenvalue weighted by molar-refractivity contribution is 0.539. The summed E-state index contributed by atoms with van der Waals surface area (Å²) in [5.41, 5.74) is 0. The summed E-state index contributed by atoms with van der Waals surface area (Å²) in [5.74, 6) is 0.917. The molecule has 0 aliphatic heterocycles. The van der Waals surface area contributed by atoms with Gasteiger partial charge in [0.15, 0.2) is 0 Å². The van der Waals surface area contributed by atoms with Crippen molar-refractivity contribution in [3.05, 3.63) is 12.2 Å². The van der Waals surface area contributed by atoms with Gasteiger partial charge in [-0.15, -0.1) is 0 Å². The Balaban J connectivity index is 2.41. The monoisotopic (exact) mass is 232 g/mol. The van der Waals surface area contributed by atoms with Gasteiger partial charge in [-0.2, -0.15) is 5.10 Å². The lowest BCUT2D eigenvalue weighted by Crippen LogP contribution is -2.33. The molecule has 0 spiro atoms. The molecule has 0 saturated carbocycles. The fourth-order valence-corrected chi connectivity index (χ4v) is 2.28. The van der Waals surface area contributed by atoms with Crippen LogP contribution in [0.2, 0.25) is 0 Å². The summed E-state index contributed by atoms with van der Waals surface area (Å²) in [7, 11) is -1.13. The lowest BCUT2D eigenvalue weighted by atomic mass is 10.4. The second kappa shape index (κ2) is 4.71. The summed E-state index contributed by atoms with van der Waals surface area (Å²) >= 11 is 0. The van der Waals surface area contributed by atoms with Crippen LogP contribution in [0.25, 0.3) is 0 Å². The molecule has 0 saturated heterocycles. The summed E-state index contributed by atoms with van der Waals surface area (Å²) < 4.78 is 23.6. The molecule has 1 heterocycles. The average Bonchev–Trinajstić information content (AvgIpc) is 2.44. The Morgan fingerprint density at radius 3 is 2.73 bits per heavy atom. The molecule has 15 heavy (non-hydrogen) atoms. The fraction of sp³-hybridized carbons (Fsp3) is 0.750. The van der Waals surface area contributed by atoms with Crippen molar-refractivity contribution in [1.82, 2.24) is 20.1 Å². The number of rotatable bonds is 5. The van der Waals surface area contributed by atoms with Gasteiger partial charge in [0.1, 0.15) is 22.0 Å². The third-order valence-electron chi connectivity index (χ3n) is 1.97. The molecule has 0 radical (unpaired) electrons. The zero-order valence-corrected chi connectivity index (χ0v) is 9.95. The van der Waals surface area contributed by atoms with Crippen molar-refractivity contribution in [2.24, 2.45) is 7.05 Å². The highest BCUT2D eigenvalue weighted by atomic mass is 32.2. The molecular weight excluding hydrogens is 216 g/mol. The normalized spacial score (nSPS) is 14.1. The van der Waals surface area contributed by atoms with E-state index >= 15 is 0 Å². The number of aryl methyl sites for hydroxylation is 1. The van der Waals surface area contributed by atoms with Gasteiger partial charge in [-0.25, -0.2) is 13.4 Å². The molecule has 1 aromatic heterocycles. The summed E-state index contributed by atoms with van der Waals surface area (Å²) in [4.78, 5) is 4.02. The molecule has 0 aliphatic rings. The van der Waals surface area contributed by atoms with E-state index in [9.17, 15) is 8.42 Å². The highest BCUT2D eigenvalue weighted by Gasteiger charge is 2.10. The molecule has 1 aromatic rings. The first kappa shape index (κ1) is 12.1. The van der Waals surface area contributed by atoms with Gasteiger partial charge in [-0.05, 0) is 6.92 Å². The van der Waals surface area contributed by atoms with Crippen LogP contribution in [-0.2, 0) is 23.4 Å². The first-order valence-corrected chi connectivity index (χ1v) is 6.68.